The minimum absolute atomic E-state index is 0.283. The molecule has 0 amide bonds. The number of ether oxygens (including phenoxy) is 1. The predicted octanol–water partition coefficient (Wildman–Crippen LogP) is 6.29. The molecule has 1 aliphatic rings. The summed E-state index contributed by atoms with van der Waals surface area (Å²) in [6, 6.07) is 25.1. The van der Waals surface area contributed by atoms with Crippen LogP contribution in [0.1, 0.15) is 54.4 Å². The van der Waals surface area contributed by atoms with Crippen molar-refractivity contribution < 1.29 is 9.84 Å². The van der Waals surface area contributed by atoms with Crippen molar-refractivity contribution in [2.45, 2.75) is 38.5 Å². The van der Waals surface area contributed by atoms with Crippen LogP contribution in [0.4, 0.5) is 0 Å². The number of fused-ring (bicyclic) bond motifs is 1. The second kappa shape index (κ2) is 8.10. The van der Waals surface area contributed by atoms with Crippen molar-refractivity contribution in [3.63, 3.8) is 0 Å². The lowest BCUT2D eigenvalue weighted by molar-refractivity contribution is 0.270. The van der Waals surface area contributed by atoms with Gasteiger partial charge in [0.2, 0.25) is 0 Å². The van der Waals surface area contributed by atoms with Gasteiger partial charge in [-0.15, -0.1) is 0 Å². The summed E-state index contributed by atoms with van der Waals surface area (Å²) in [5.74, 6) is 2.51. The Labute approximate surface area is 167 Å². The predicted molar refractivity (Wildman–Crippen MR) is 114 cm³/mol. The Balaban J connectivity index is 1.74. The third-order valence-electron chi connectivity index (χ3n) is 5.64. The normalized spacial score (nSPS) is 18.7. The van der Waals surface area contributed by atoms with Gasteiger partial charge in [0.1, 0.15) is 11.5 Å². The van der Waals surface area contributed by atoms with Gasteiger partial charge in [-0.25, -0.2) is 0 Å². The zero-order valence-corrected chi connectivity index (χ0v) is 16.6. The van der Waals surface area contributed by atoms with Gasteiger partial charge in [-0.2, -0.15) is 0 Å². The molecule has 2 heteroatoms. The molecule has 0 heterocycles. The average molecular weight is 373 g/mol. The molecular weight excluding hydrogens is 344 g/mol. The van der Waals surface area contributed by atoms with E-state index in [2.05, 4.69) is 74.5 Å². The van der Waals surface area contributed by atoms with E-state index in [1.807, 2.05) is 0 Å². The highest BCUT2D eigenvalue weighted by Gasteiger charge is 2.32. The summed E-state index contributed by atoms with van der Waals surface area (Å²) in [4.78, 5) is 0. The van der Waals surface area contributed by atoms with Crippen molar-refractivity contribution in [1.82, 2.24) is 0 Å². The van der Waals surface area contributed by atoms with E-state index in [1.54, 1.807) is 12.1 Å². The lowest BCUT2D eigenvalue weighted by Gasteiger charge is -2.35. The molecule has 2 nitrogen and oxygen atoms in total. The van der Waals surface area contributed by atoms with Gasteiger partial charge in [0.25, 0.3) is 0 Å². The van der Waals surface area contributed by atoms with E-state index in [0.29, 0.717) is 17.6 Å². The SMILES string of the molecule is CC(C)COc1ccc2c(c1)CC[C@H](c1ccccc1)[C@@H]2c1ccc(O)cc1. The van der Waals surface area contributed by atoms with E-state index in [-0.39, 0.29) is 5.92 Å². The first kappa shape index (κ1) is 18.6. The number of benzene rings is 3. The zero-order valence-electron chi connectivity index (χ0n) is 16.6. The molecule has 0 saturated carbocycles. The summed E-state index contributed by atoms with van der Waals surface area (Å²) in [7, 11) is 0. The maximum absolute atomic E-state index is 9.76. The fraction of sp³-hybridized carbons (Fsp3) is 0.308. The van der Waals surface area contributed by atoms with Crippen molar-refractivity contribution in [2.24, 2.45) is 5.92 Å². The number of aryl methyl sites for hydroxylation is 1. The van der Waals surface area contributed by atoms with Crippen LogP contribution in [0.15, 0.2) is 72.8 Å². The van der Waals surface area contributed by atoms with Crippen molar-refractivity contribution in [2.75, 3.05) is 6.61 Å². The molecule has 0 saturated heterocycles. The van der Waals surface area contributed by atoms with Crippen molar-refractivity contribution in [3.8, 4) is 11.5 Å². The van der Waals surface area contributed by atoms with E-state index in [4.69, 9.17) is 4.74 Å². The molecule has 28 heavy (non-hydrogen) atoms. The molecule has 0 bridgehead atoms. The van der Waals surface area contributed by atoms with Gasteiger partial charge in [-0.05, 0) is 71.2 Å². The van der Waals surface area contributed by atoms with Crippen molar-refractivity contribution >= 4 is 0 Å². The summed E-state index contributed by atoms with van der Waals surface area (Å²) in [6.45, 7) is 5.08. The standard InChI is InChI=1S/C26H28O2/c1-18(2)17-28-23-13-15-25-21(16-23)10-14-24(19-6-4-3-5-7-19)26(25)20-8-11-22(27)12-9-20/h3-9,11-13,15-16,18,24,26-27H,10,14,17H2,1-2H3/t24-,26+/m1/s1. The van der Waals surface area contributed by atoms with Crippen LogP contribution in [-0.4, -0.2) is 11.7 Å². The van der Waals surface area contributed by atoms with Gasteiger partial charge in [0, 0.05) is 5.92 Å². The quantitative estimate of drug-likeness (QED) is 0.570. The highest BCUT2D eigenvalue weighted by molar-refractivity contribution is 5.48. The van der Waals surface area contributed by atoms with Crippen LogP contribution in [0, 0.1) is 5.92 Å². The summed E-state index contributed by atoms with van der Waals surface area (Å²) in [6.07, 6.45) is 2.17. The topological polar surface area (TPSA) is 29.5 Å². The fourth-order valence-corrected chi connectivity index (χ4v) is 4.30. The Morgan fingerprint density at radius 1 is 0.929 bits per heavy atom. The van der Waals surface area contributed by atoms with Crippen LogP contribution in [-0.2, 0) is 6.42 Å². The maximum Gasteiger partial charge on any atom is 0.119 e. The lowest BCUT2D eigenvalue weighted by atomic mass is 9.69. The smallest absolute Gasteiger partial charge is 0.119 e. The molecule has 0 radical (unpaired) electrons. The molecule has 1 N–H and O–H groups in total. The summed E-state index contributed by atoms with van der Waals surface area (Å²) >= 11 is 0. The number of phenolic OH excluding ortho intramolecular Hbond substituents is 1. The molecule has 3 aromatic rings. The molecule has 144 valence electrons. The molecule has 3 aromatic carbocycles. The van der Waals surface area contributed by atoms with Crippen LogP contribution in [0.2, 0.25) is 0 Å². The molecule has 0 aromatic heterocycles. The maximum atomic E-state index is 9.76. The van der Waals surface area contributed by atoms with Crippen LogP contribution < -0.4 is 4.74 Å². The monoisotopic (exact) mass is 372 g/mol. The second-order valence-electron chi connectivity index (χ2n) is 8.19. The van der Waals surface area contributed by atoms with E-state index in [0.717, 1.165) is 25.2 Å². The van der Waals surface area contributed by atoms with E-state index in [9.17, 15) is 5.11 Å². The Kier molecular flexibility index (Phi) is 5.38. The van der Waals surface area contributed by atoms with Gasteiger partial charge in [0.05, 0.1) is 6.61 Å². The highest BCUT2D eigenvalue weighted by atomic mass is 16.5. The first-order valence-electron chi connectivity index (χ1n) is 10.2. The van der Waals surface area contributed by atoms with Crippen LogP contribution >= 0.6 is 0 Å². The molecular formula is C26H28O2. The van der Waals surface area contributed by atoms with Crippen LogP contribution in [0.25, 0.3) is 0 Å². The van der Waals surface area contributed by atoms with E-state index >= 15 is 0 Å². The summed E-state index contributed by atoms with van der Waals surface area (Å²) in [5, 5.41) is 9.76. The van der Waals surface area contributed by atoms with Crippen molar-refractivity contribution in [3.05, 3.63) is 95.1 Å². The Hall–Kier alpha value is -2.74. The number of phenols is 1. The first-order chi connectivity index (χ1) is 13.6. The Morgan fingerprint density at radius 2 is 1.68 bits per heavy atom. The number of hydrogen-bond acceptors (Lipinski definition) is 2. The Bertz CT molecular complexity index is 913. The average Bonchev–Trinajstić information content (AvgIpc) is 2.72. The fourth-order valence-electron chi connectivity index (χ4n) is 4.30. The van der Waals surface area contributed by atoms with Gasteiger partial charge < -0.3 is 9.84 Å². The molecule has 2 atom stereocenters. The number of rotatable bonds is 5. The first-order valence-corrected chi connectivity index (χ1v) is 10.2. The van der Waals surface area contributed by atoms with E-state index in [1.165, 1.54) is 22.3 Å². The van der Waals surface area contributed by atoms with Gasteiger partial charge in [-0.3, -0.25) is 0 Å². The third-order valence-corrected chi connectivity index (χ3v) is 5.64. The zero-order chi connectivity index (χ0) is 19.5. The second-order valence-corrected chi connectivity index (χ2v) is 8.19. The molecule has 0 aliphatic heterocycles. The van der Waals surface area contributed by atoms with Crippen molar-refractivity contribution in [1.29, 1.82) is 0 Å². The minimum Gasteiger partial charge on any atom is -0.508 e. The molecule has 0 spiro atoms. The van der Waals surface area contributed by atoms with Crippen LogP contribution in [0.3, 0.4) is 0 Å². The Morgan fingerprint density at radius 3 is 2.39 bits per heavy atom. The minimum atomic E-state index is 0.283. The summed E-state index contributed by atoms with van der Waals surface area (Å²) < 4.78 is 5.97. The highest BCUT2D eigenvalue weighted by Crippen LogP contribution is 2.47. The molecule has 4 rings (SSSR count). The van der Waals surface area contributed by atoms with Crippen LogP contribution in [0.5, 0.6) is 11.5 Å². The lowest BCUT2D eigenvalue weighted by Crippen LogP contribution is -2.20. The molecule has 0 fully saturated rings. The largest absolute Gasteiger partial charge is 0.508 e. The third kappa shape index (κ3) is 3.91. The van der Waals surface area contributed by atoms with Gasteiger partial charge in [0.15, 0.2) is 0 Å². The summed E-state index contributed by atoms with van der Waals surface area (Å²) in [5.41, 5.74) is 5.39. The number of aromatic hydroxyl groups is 1. The van der Waals surface area contributed by atoms with Gasteiger partial charge in [-0.1, -0.05) is 62.4 Å². The van der Waals surface area contributed by atoms with Gasteiger partial charge >= 0.3 is 0 Å². The molecule has 0 unspecified atom stereocenters. The van der Waals surface area contributed by atoms with E-state index < -0.39 is 0 Å². The number of hydrogen-bond donors (Lipinski definition) is 1. The molecule has 1 aliphatic carbocycles.